The van der Waals surface area contributed by atoms with Gasteiger partial charge in [0.2, 0.25) is 35.4 Å². The van der Waals surface area contributed by atoms with Crippen molar-refractivity contribution in [1.29, 1.82) is 0 Å². The first-order valence-corrected chi connectivity index (χ1v) is 24.0. The van der Waals surface area contributed by atoms with Crippen LogP contribution >= 0.6 is 0 Å². The number of amides is 2. The van der Waals surface area contributed by atoms with Crippen molar-refractivity contribution in [2.24, 2.45) is 0 Å². The number of hydrogen-bond donors (Lipinski definition) is 3. The van der Waals surface area contributed by atoms with Crippen molar-refractivity contribution in [3.63, 3.8) is 0 Å². The van der Waals surface area contributed by atoms with Gasteiger partial charge in [-0.05, 0) is 151 Å². The molecule has 3 N–H and O–H groups in total. The first-order chi connectivity index (χ1) is 31.7. The van der Waals surface area contributed by atoms with Crippen LogP contribution in [0.4, 0.5) is 11.4 Å². The second-order valence-electron chi connectivity index (χ2n) is 17.7. The quantitative estimate of drug-likeness (QED) is 0.103. The minimum Gasteiger partial charge on any atom is -0.454 e. The summed E-state index contributed by atoms with van der Waals surface area (Å²) in [7, 11) is 0.273. The number of ether oxygens (including phenoxy) is 4. The molecule has 13 heteroatoms. The average Bonchev–Trinajstić information content (AvgIpc) is 4.21. The van der Waals surface area contributed by atoms with Crippen molar-refractivity contribution in [3.8, 4) is 45.3 Å². The number of rotatable bonds is 13. The molecule has 6 aromatic rings. The molecule has 10 rings (SSSR count). The third-order valence-corrected chi connectivity index (χ3v) is 14.4. The van der Waals surface area contributed by atoms with Crippen molar-refractivity contribution in [3.05, 3.63) is 155 Å². The Morgan fingerprint density at radius 3 is 1.41 bits per heavy atom. The number of nitrogens with zero attached hydrogens (tertiary/aromatic N) is 1. The van der Waals surface area contributed by atoms with Crippen LogP contribution in [0.2, 0.25) is 0 Å². The second kappa shape index (κ2) is 18.0. The normalized spacial score (nSPS) is 15.7. The van der Waals surface area contributed by atoms with Crippen LogP contribution in [0, 0.1) is 13.8 Å². The average molecular weight is 907 g/mol. The summed E-state index contributed by atoms with van der Waals surface area (Å²) in [5, 5.41) is 9.45. The molecule has 2 amide bonds. The summed E-state index contributed by atoms with van der Waals surface area (Å²) in [6, 6.07) is 39.9. The van der Waals surface area contributed by atoms with E-state index in [1.807, 2.05) is 98.9 Å². The molecule has 2 aliphatic heterocycles. The zero-order valence-corrected chi connectivity index (χ0v) is 38.6. The summed E-state index contributed by atoms with van der Waals surface area (Å²) in [6.45, 7) is 5.73. The number of nitrogens with one attached hydrogen (secondary N) is 3. The van der Waals surface area contributed by atoms with Gasteiger partial charge in [-0.3, -0.25) is 9.59 Å². The predicted octanol–water partition coefficient (Wildman–Crippen LogP) is 9.23. The lowest BCUT2D eigenvalue weighted by Gasteiger charge is -2.18. The van der Waals surface area contributed by atoms with Gasteiger partial charge in [0.25, 0.3) is 0 Å². The molecule has 0 saturated heterocycles. The second-order valence-corrected chi connectivity index (χ2v) is 19.8. The molecule has 0 aromatic heterocycles. The summed E-state index contributed by atoms with van der Waals surface area (Å²) in [4.78, 5) is 26.6. The molecule has 0 radical (unpaired) electrons. The Hall–Kier alpha value is -6.67. The molecule has 2 heterocycles. The topological polar surface area (TPSA) is 145 Å². The lowest BCUT2D eigenvalue weighted by Crippen LogP contribution is -2.27. The van der Waals surface area contributed by atoms with E-state index in [1.54, 1.807) is 7.05 Å². The zero-order valence-electron chi connectivity index (χ0n) is 37.8. The van der Waals surface area contributed by atoms with Crippen LogP contribution in [0.15, 0.2) is 121 Å². The molecule has 12 nitrogen and oxygen atoms in total. The van der Waals surface area contributed by atoms with Crippen LogP contribution in [0.3, 0.4) is 0 Å². The van der Waals surface area contributed by atoms with E-state index in [-0.39, 0.29) is 25.4 Å². The van der Waals surface area contributed by atoms with E-state index in [4.69, 9.17) is 18.9 Å². The Balaban J connectivity index is 0.000000167. The van der Waals surface area contributed by atoms with E-state index in [9.17, 15) is 18.0 Å². The van der Waals surface area contributed by atoms with Gasteiger partial charge in [-0.25, -0.2) is 12.7 Å². The maximum Gasteiger partial charge on any atom is 0.235 e. The molecule has 2 saturated carbocycles. The maximum absolute atomic E-state index is 13.3. The van der Waals surface area contributed by atoms with Crippen LogP contribution in [-0.2, 0) is 43.5 Å². The molecule has 0 spiro atoms. The van der Waals surface area contributed by atoms with Gasteiger partial charge in [-0.2, -0.15) is 0 Å². The number of carbonyl (C=O) groups excluding carboxylic acids is 2. The molecular formula is C53H54N4O8S. The maximum atomic E-state index is 13.3. The van der Waals surface area contributed by atoms with Gasteiger partial charge in [-0.1, -0.05) is 72.8 Å². The summed E-state index contributed by atoms with van der Waals surface area (Å²) < 4.78 is 46.5. The molecular weight excluding hydrogens is 853 g/mol. The predicted molar refractivity (Wildman–Crippen MR) is 257 cm³/mol. The van der Waals surface area contributed by atoms with Gasteiger partial charge in [0.15, 0.2) is 23.0 Å². The van der Waals surface area contributed by atoms with E-state index in [0.717, 1.165) is 99.6 Å². The van der Waals surface area contributed by atoms with Gasteiger partial charge in [0.05, 0.1) is 17.1 Å². The van der Waals surface area contributed by atoms with Gasteiger partial charge >= 0.3 is 0 Å². The van der Waals surface area contributed by atoms with Crippen LogP contribution in [0.1, 0.15) is 59.1 Å². The number of carbonyl (C=O) groups is 2. The minimum absolute atomic E-state index is 0.0228. The third-order valence-electron chi connectivity index (χ3n) is 13.1. The fraction of sp³-hybridized carbons (Fsp3) is 0.283. The van der Waals surface area contributed by atoms with Crippen LogP contribution in [0.5, 0.6) is 23.0 Å². The summed E-state index contributed by atoms with van der Waals surface area (Å²) >= 11 is 0. The largest absolute Gasteiger partial charge is 0.454 e. The highest BCUT2D eigenvalue weighted by atomic mass is 32.2. The standard InChI is InChI=1S/C27H28N2O5S.C26H26N2O3/c1-18-4-10-22(15-23(18)20-7-5-19(6-8-20)16-29(2)35(3,31)32)28-26(30)27(12-13-27)21-9-11-24-25(14-21)34-17-33-24;1-17-3-9-21(14-22(17)19-6-4-18(5-7-19)15-27-2)28-25(29)26(11-12-26)20-8-10-23-24(13-20)31-16-30-23/h4-11,14-15H,12-13,16-17H2,1-3H3,(H,28,30);3-10,13-14,27H,11-12,15-16H2,1-2H3,(H,28,29). The Labute approximate surface area is 386 Å². The summed E-state index contributed by atoms with van der Waals surface area (Å²) in [5.41, 5.74) is 11.2. The van der Waals surface area contributed by atoms with Crippen molar-refractivity contribution in [1.82, 2.24) is 9.62 Å². The Morgan fingerprint density at radius 1 is 0.576 bits per heavy atom. The zero-order chi connectivity index (χ0) is 46.2. The van der Waals surface area contributed by atoms with E-state index in [0.29, 0.717) is 18.0 Å². The lowest BCUT2D eigenvalue weighted by molar-refractivity contribution is -0.119. The first kappa shape index (κ1) is 44.5. The van der Waals surface area contributed by atoms with Crippen LogP contribution in [-0.4, -0.2) is 58.5 Å². The summed E-state index contributed by atoms with van der Waals surface area (Å²) in [6.07, 6.45) is 4.46. The van der Waals surface area contributed by atoms with E-state index in [2.05, 4.69) is 59.3 Å². The highest BCUT2D eigenvalue weighted by Crippen LogP contribution is 2.52. The van der Waals surface area contributed by atoms with Crippen molar-refractivity contribution in [2.45, 2.75) is 63.5 Å². The highest BCUT2D eigenvalue weighted by molar-refractivity contribution is 7.88. The van der Waals surface area contributed by atoms with E-state index >= 15 is 0 Å². The molecule has 0 bridgehead atoms. The minimum atomic E-state index is -3.24. The molecule has 2 aliphatic carbocycles. The number of aryl methyl sites for hydroxylation is 2. The van der Waals surface area contributed by atoms with Gasteiger partial charge in [-0.15, -0.1) is 0 Å². The third kappa shape index (κ3) is 9.24. The molecule has 0 unspecified atom stereocenters. The van der Waals surface area contributed by atoms with Gasteiger partial charge < -0.3 is 34.9 Å². The monoisotopic (exact) mass is 906 g/mol. The fourth-order valence-corrected chi connectivity index (χ4v) is 9.01. The molecule has 4 aliphatic rings. The van der Waals surface area contributed by atoms with Gasteiger partial charge in [0, 0.05) is 31.5 Å². The van der Waals surface area contributed by atoms with Crippen LogP contribution in [0.25, 0.3) is 22.3 Å². The van der Waals surface area contributed by atoms with Crippen LogP contribution < -0.4 is 34.9 Å². The van der Waals surface area contributed by atoms with Crippen molar-refractivity contribution >= 4 is 33.2 Å². The number of fused-ring (bicyclic) bond motifs is 2. The Morgan fingerprint density at radius 2 is 1.00 bits per heavy atom. The lowest BCUT2D eigenvalue weighted by atomic mass is 9.94. The number of anilines is 2. The number of benzene rings is 6. The molecule has 66 heavy (non-hydrogen) atoms. The summed E-state index contributed by atoms with van der Waals surface area (Å²) in [5.74, 6) is 2.86. The smallest absolute Gasteiger partial charge is 0.235 e. The Kier molecular flexibility index (Phi) is 12.1. The molecule has 6 aromatic carbocycles. The number of sulfonamides is 1. The van der Waals surface area contributed by atoms with Gasteiger partial charge in [0.1, 0.15) is 0 Å². The van der Waals surface area contributed by atoms with E-state index in [1.165, 1.54) is 21.7 Å². The molecule has 2 fully saturated rings. The highest BCUT2D eigenvalue weighted by Gasteiger charge is 2.52. The fourth-order valence-electron chi connectivity index (χ4n) is 8.63. The molecule has 340 valence electrons. The Bertz CT molecular complexity index is 2930. The van der Waals surface area contributed by atoms with Crippen molar-refractivity contribution in [2.75, 3.05) is 44.6 Å². The molecule has 0 atom stereocenters. The SMILES string of the molecule is CNCc1ccc(-c2cc(NC(=O)C3(c4ccc5c(c4)OCO5)CC3)ccc2C)cc1.Cc1ccc(NC(=O)C2(c3ccc4c(c3)OCO4)CC2)cc1-c1ccc(CN(C)S(C)(=O)=O)cc1. The van der Waals surface area contributed by atoms with Crippen molar-refractivity contribution < 1.29 is 37.0 Å². The first-order valence-electron chi connectivity index (χ1n) is 22.1. The van der Waals surface area contributed by atoms with E-state index < -0.39 is 20.9 Å². The number of hydrogen-bond acceptors (Lipinski definition) is 9.